The number of nitrogens with one attached hydrogen (secondary N) is 2. The fourth-order valence-electron chi connectivity index (χ4n) is 2.68. The molecular weight excluding hydrogens is 306 g/mol. The van der Waals surface area contributed by atoms with Gasteiger partial charge in [0.2, 0.25) is 0 Å². The van der Waals surface area contributed by atoms with E-state index in [1.54, 1.807) is 25.2 Å². The molecule has 0 fully saturated rings. The second-order valence-corrected chi connectivity index (χ2v) is 5.53. The second-order valence-electron chi connectivity index (χ2n) is 5.53. The van der Waals surface area contributed by atoms with Crippen molar-refractivity contribution in [3.8, 4) is 0 Å². The van der Waals surface area contributed by atoms with Gasteiger partial charge in [-0.15, -0.1) is 0 Å². The summed E-state index contributed by atoms with van der Waals surface area (Å²) in [5.74, 6) is -1.85. The zero-order chi connectivity index (χ0) is 17.1. The third kappa shape index (κ3) is 2.99. The van der Waals surface area contributed by atoms with Gasteiger partial charge in [0, 0.05) is 24.8 Å². The van der Waals surface area contributed by atoms with Gasteiger partial charge < -0.3 is 15.5 Å². The molecule has 6 nitrogen and oxygen atoms in total. The number of fused-ring (bicyclic) bond motifs is 1. The normalized spacial score (nSPS) is 15.8. The number of carbonyl (C=O) groups excluding carboxylic acids is 3. The Morgan fingerprint density at radius 3 is 2.42 bits per heavy atom. The highest BCUT2D eigenvalue weighted by atomic mass is 16.2. The summed E-state index contributed by atoms with van der Waals surface area (Å²) in [5.41, 5.74) is 2.31. The number of anilines is 1. The lowest BCUT2D eigenvalue weighted by Crippen LogP contribution is -2.43. The van der Waals surface area contributed by atoms with Gasteiger partial charge in [0.25, 0.3) is 5.91 Å². The summed E-state index contributed by atoms with van der Waals surface area (Å²) in [5, 5.41) is 5.06. The van der Waals surface area contributed by atoms with Crippen LogP contribution >= 0.6 is 0 Å². The Morgan fingerprint density at radius 2 is 1.67 bits per heavy atom. The van der Waals surface area contributed by atoms with E-state index in [4.69, 9.17) is 0 Å². The highest BCUT2D eigenvalue weighted by Gasteiger charge is 2.36. The third-order valence-electron chi connectivity index (χ3n) is 3.96. The molecule has 1 unspecified atom stereocenters. The molecule has 3 amide bonds. The first-order valence-corrected chi connectivity index (χ1v) is 7.57. The molecule has 1 aliphatic rings. The van der Waals surface area contributed by atoms with Crippen LogP contribution in [0.1, 0.15) is 17.2 Å². The monoisotopic (exact) mass is 323 g/mol. The summed E-state index contributed by atoms with van der Waals surface area (Å²) in [6, 6.07) is 15.6. The quantitative estimate of drug-likeness (QED) is 0.831. The van der Waals surface area contributed by atoms with Crippen molar-refractivity contribution in [3.63, 3.8) is 0 Å². The first-order valence-electron chi connectivity index (χ1n) is 7.57. The third-order valence-corrected chi connectivity index (χ3v) is 3.96. The SMILES string of the molecule is CN1C(=O)C(NC(=O)C(=O)NCc2ccccc2)c2ccccc21. The van der Waals surface area contributed by atoms with Crippen LogP contribution in [-0.2, 0) is 20.9 Å². The number of nitrogens with zero attached hydrogens (tertiary/aromatic N) is 1. The van der Waals surface area contributed by atoms with Crippen LogP contribution in [0.25, 0.3) is 0 Å². The minimum atomic E-state index is -0.832. The minimum absolute atomic E-state index is 0.252. The molecule has 1 atom stereocenters. The molecule has 0 saturated heterocycles. The van der Waals surface area contributed by atoms with Crippen LogP contribution in [0, 0.1) is 0 Å². The fourth-order valence-corrected chi connectivity index (χ4v) is 2.68. The first kappa shape index (κ1) is 15.7. The van der Waals surface area contributed by atoms with Crippen LogP contribution in [0.4, 0.5) is 5.69 Å². The fraction of sp³-hybridized carbons (Fsp3) is 0.167. The van der Waals surface area contributed by atoms with E-state index in [2.05, 4.69) is 10.6 Å². The van der Waals surface area contributed by atoms with Crippen molar-refractivity contribution in [2.75, 3.05) is 11.9 Å². The Bertz CT molecular complexity index is 789. The zero-order valence-electron chi connectivity index (χ0n) is 13.2. The summed E-state index contributed by atoms with van der Waals surface area (Å²) in [6.45, 7) is 0.252. The van der Waals surface area contributed by atoms with Crippen LogP contribution in [0.5, 0.6) is 0 Å². The van der Waals surface area contributed by atoms with E-state index < -0.39 is 17.9 Å². The predicted molar refractivity (Wildman–Crippen MR) is 89.0 cm³/mol. The minimum Gasteiger partial charge on any atom is -0.344 e. The van der Waals surface area contributed by atoms with Crippen LogP contribution < -0.4 is 15.5 Å². The lowest BCUT2D eigenvalue weighted by Gasteiger charge is -2.13. The predicted octanol–water partition coefficient (Wildman–Crippen LogP) is 1.14. The number of hydrogen-bond donors (Lipinski definition) is 2. The molecular formula is C18H17N3O3. The molecule has 0 bridgehead atoms. The van der Waals surface area contributed by atoms with E-state index in [1.165, 1.54) is 4.90 Å². The van der Waals surface area contributed by atoms with Gasteiger partial charge in [-0.25, -0.2) is 0 Å². The van der Waals surface area contributed by atoms with Crippen molar-refractivity contribution in [3.05, 3.63) is 65.7 Å². The van der Waals surface area contributed by atoms with E-state index in [0.717, 1.165) is 11.3 Å². The van der Waals surface area contributed by atoms with Gasteiger partial charge in [-0.2, -0.15) is 0 Å². The molecule has 122 valence electrons. The van der Waals surface area contributed by atoms with E-state index in [1.807, 2.05) is 36.4 Å². The molecule has 0 saturated carbocycles. The number of para-hydroxylation sites is 1. The lowest BCUT2D eigenvalue weighted by molar-refractivity contribution is -0.140. The molecule has 6 heteroatoms. The molecule has 2 N–H and O–H groups in total. The van der Waals surface area contributed by atoms with Gasteiger partial charge >= 0.3 is 11.8 Å². The van der Waals surface area contributed by atoms with Crippen LogP contribution in [-0.4, -0.2) is 24.8 Å². The maximum Gasteiger partial charge on any atom is 0.310 e. The van der Waals surface area contributed by atoms with Crippen molar-refractivity contribution in [1.29, 1.82) is 0 Å². The summed E-state index contributed by atoms with van der Waals surface area (Å²) in [7, 11) is 1.64. The number of benzene rings is 2. The van der Waals surface area contributed by atoms with Crippen LogP contribution in [0.3, 0.4) is 0 Å². The smallest absolute Gasteiger partial charge is 0.310 e. The Kier molecular flexibility index (Phi) is 4.29. The molecule has 1 heterocycles. The number of likely N-dealkylation sites (N-methyl/N-ethyl adjacent to an activating group) is 1. The molecule has 0 radical (unpaired) electrons. The summed E-state index contributed by atoms with van der Waals surface area (Å²) < 4.78 is 0. The number of amides is 3. The van der Waals surface area contributed by atoms with E-state index in [-0.39, 0.29) is 12.5 Å². The highest BCUT2D eigenvalue weighted by Crippen LogP contribution is 2.34. The summed E-state index contributed by atoms with van der Waals surface area (Å²) in [6.07, 6.45) is 0. The molecule has 0 spiro atoms. The van der Waals surface area contributed by atoms with Crippen molar-refractivity contribution in [2.24, 2.45) is 0 Å². The highest BCUT2D eigenvalue weighted by molar-refractivity contribution is 6.35. The number of hydrogen-bond acceptors (Lipinski definition) is 3. The van der Waals surface area contributed by atoms with Crippen molar-refractivity contribution in [2.45, 2.75) is 12.6 Å². The Balaban J connectivity index is 1.64. The maximum absolute atomic E-state index is 12.3. The van der Waals surface area contributed by atoms with Crippen LogP contribution in [0.2, 0.25) is 0 Å². The molecule has 3 rings (SSSR count). The average Bonchev–Trinajstić information content (AvgIpc) is 2.86. The second kappa shape index (κ2) is 6.54. The van der Waals surface area contributed by atoms with E-state index in [0.29, 0.717) is 5.56 Å². The van der Waals surface area contributed by atoms with Gasteiger partial charge in [0.15, 0.2) is 0 Å². The zero-order valence-corrected chi connectivity index (χ0v) is 13.2. The first-order chi connectivity index (χ1) is 11.6. The number of carbonyl (C=O) groups is 3. The average molecular weight is 323 g/mol. The standard InChI is InChI=1S/C18H17N3O3/c1-21-14-10-6-5-9-13(14)15(18(21)24)20-17(23)16(22)19-11-12-7-3-2-4-8-12/h2-10,15H,11H2,1H3,(H,19,22)(H,20,23). The summed E-state index contributed by atoms with van der Waals surface area (Å²) >= 11 is 0. The van der Waals surface area contributed by atoms with Gasteiger partial charge in [-0.3, -0.25) is 14.4 Å². The molecule has 2 aromatic rings. The molecule has 24 heavy (non-hydrogen) atoms. The van der Waals surface area contributed by atoms with Gasteiger partial charge in [0.1, 0.15) is 6.04 Å². The molecule has 0 aromatic heterocycles. The topological polar surface area (TPSA) is 78.5 Å². The molecule has 1 aliphatic heterocycles. The summed E-state index contributed by atoms with van der Waals surface area (Å²) in [4.78, 5) is 37.8. The van der Waals surface area contributed by atoms with Gasteiger partial charge in [-0.05, 0) is 11.6 Å². The van der Waals surface area contributed by atoms with Crippen molar-refractivity contribution in [1.82, 2.24) is 10.6 Å². The molecule has 0 aliphatic carbocycles. The number of rotatable bonds is 3. The van der Waals surface area contributed by atoms with Crippen molar-refractivity contribution < 1.29 is 14.4 Å². The Morgan fingerprint density at radius 1 is 1.00 bits per heavy atom. The largest absolute Gasteiger partial charge is 0.344 e. The maximum atomic E-state index is 12.3. The van der Waals surface area contributed by atoms with Crippen LogP contribution in [0.15, 0.2) is 54.6 Å². The Hall–Kier alpha value is -3.15. The lowest BCUT2D eigenvalue weighted by atomic mass is 10.1. The van der Waals surface area contributed by atoms with Gasteiger partial charge in [-0.1, -0.05) is 48.5 Å². The van der Waals surface area contributed by atoms with E-state index in [9.17, 15) is 14.4 Å². The Labute approximate surface area is 139 Å². The van der Waals surface area contributed by atoms with Crippen molar-refractivity contribution >= 4 is 23.4 Å². The van der Waals surface area contributed by atoms with Gasteiger partial charge in [0.05, 0.1) is 0 Å². The molecule has 2 aromatic carbocycles. The van der Waals surface area contributed by atoms with E-state index >= 15 is 0 Å².